The number of piperidine rings is 1. The average Bonchev–Trinajstić information content (AvgIpc) is 3.09. The van der Waals surface area contributed by atoms with Gasteiger partial charge in [-0.1, -0.05) is 35.0 Å². The summed E-state index contributed by atoms with van der Waals surface area (Å²) >= 11 is 0. The molecule has 1 aromatic carbocycles. The topological polar surface area (TPSA) is 97.3 Å². The van der Waals surface area contributed by atoms with E-state index >= 15 is 0 Å². The van der Waals surface area contributed by atoms with E-state index in [0.29, 0.717) is 24.8 Å². The number of likely N-dealkylation sites (tertiary alicyclic amines) is 1. The van der Waals surface area contributed by atoms with Gasteiger partial charge in [0.05, 0.1) is 13.1 Å². The average molecular weight is 343 g/mol. The molecular weight excluding hydrogens is 318 g/mol. The van der Waals surface area contributed by atoms with Crippen LogP contribution in [0.1, 0.15) is 35.7 Å². The quantitative estimate of drug-likeness (QED) is 0.822. The summed E-state index contributed by atoms with van der Waals surface area (Å²) in [6.07, 6.45) is 1.70. The van der Waals surface area contributed by atoms with E-state index in [0.717, 1.165) is 31.5 Å². The van der Waals surface area contributed by atoms with Crippen molar-refractivity contribution in [3.8, 4) is 0 Å². The zero-order chi connectivity index (χ0) is 17.6. The minimum atomic E-state index is 0.0755. The third-order valence-corrected chi connectivity index (χ3v) is 4.60. The number of nitrogens with zero attached hydrogens (tertiary/aromatic N) is 3. The van der Waals surface area contributed by atoms with Gasteiger partial charge in [-0.25, -0.2) is 0 Å². The summed E-state index contributed by atoms with van der Waals surface area (Å²) in [7, 11) is 0. The highest BCUT2D eigenvalue weighted by atomic mass is 16.5. The number of aryl methyl sites for hydroxylation is 1. The van der Waals surface area contributed by atoms with Gasteiger partial charge in [-0.05, 0) is 38.4 Å². The molecule has 0 saturated carbocycles. The molecule has 0 unspecified atom stereocenters. The van der Waals surface area contributed by atoms with Crippen LogP contribution in [-0.2, 0) is 24.4 Å². The van der Waals surface area contributed by atoms with E-state index in [2.05, 4.69) is 51.5 Å². The van der Waals surface area contributed by atoms with Crippen molar-refractivity contribution in [3.63, 3.8) is 0 Å². The first-order valence-electron chi connectivity index (χ1n) is 8.71. The molecule has 7 nitrogen and oxygen atoms in total. The fourth-order valence-electron chi connectivity index (χ4n) is 3.03. The van der Waals surface area contributed by atoms with Crippen LogP contribution < -0.4 is 11.1 Å². The molecule has 1 aliphatic rings. The highest BCUT2D eigenvalue weighted by Gasteiger charge is 2.25. The second-order valence-electron chi connectivity index (χ2n) is 6.56. The van der Waals surface area contributed by atoms with Crippen molar-refractivity contribution in [2.45, 2.75) is 39.4 Å². The SMILES string of the molecule is Cc1ccc(CNC(=O)C2CCN(Cc3noc(CN)n3)CC2)cc1. The van der Waals surface area contributed by atoms with Crippen molar-refractivity contribution in [1.82, 2.24) is 20.4 Å². The molecule has 3 rings (SSSR count). The van der Waals surface area contributed by atoms with E-state index < -0.39 is 0 Å². The second kappa shape index (κ2) is 8.22. The summed E-state index contributed by atoms with van der Waals surface area (Å²) in [6.45, 7) is 5.26. The van der Waals surface area contributed by atoms with Crippen LogP contribution >= 0.6 is 0 Å². The van der Waals surface area contributed by atoms with Crippen LogP contribution in [0.2, 0.25) is 0 Å². The summed E-state index contributed by atoms with van der Waals surface area (Å²) in [5, 5.41) is 6.97. The Morgan fingerprint density at radius 3 is 2.68 bits per heavy atom. The minimum absolute atomic E-state index is 0.0755. The first-order chi connectivity index (χ1) is 12.1. The summed E-state index contributed by atoms with van der Waals surface area (Å²) in [6, 6.07) is 8.24. The van der Waals surface area contributed by atoms with E-state index in [1.165, 1.54) is 5.56 Å². The Kier molecular flexibility index (Phi) is 5.78. The Hall–Kier alpha value is -2.25. The number of benzene rings is 1. The van der Waals surface area contributed by atoms with Crippen molar-refractivity contribution in [2.75, 3.05) is 13.1 Å². The standard InChI is InChI=1S/C18H25N5O2/c1-13-2-4-14(5-3-13)11-20-18(24)15-6-8-23(9-7-15)12-16-21-17(10-19)25-22-16/h2-5,15H,6-12,19H2,1H3,(H,20,24). The lowest BCUT2D eigenvalue weighted by Crippen LogP contribution is -2.40. The van der Waals surface area contributed by atoms with Crippen molar-refractivity contribution in [3.05, 3.63) is 47.1 Å². The molecule has 1 fully saturated rings. The molecule has 0 spiro atoms. The highest BCUT2D eigenvalue weighted by molar-refractivity contribution is 5.78. The number of carbonyl (C=O) groups excluding carboxylic acids is 1. The number of hydrogen-bond donors (Lipinski definition) is 2. The number of amides is 1. The molecule has 0 bridgehead atoms. The molecule has 0 atom stereocenters. The van der Waals surface area contributed by atoms with Crippen LogP contribution in [0.15, 0.2) is 28.8 Å². The van der Waals surface area contributed by atoms with Gasteiger partial charge < -0.3 is 15.6 Å². The Morgan fingerprint density at radius 1 is 1.32 bits per heavy atom. The monoisotopic (exact) mass is 343 g/mol. The molecular formula is C18H25N5O2. The molecule has 3 N–H and O–H groups in total. The Balaban J connectivity index is 1.41. The molecule has 2 heterocycles. The Labute approximate surface area is 147 Å². The van der Waals surface area contributed by atoms with Gasteiger partial charge in [0.15, 0.2) is 5.82 Å². The molecule has 1 aliphatic heterocycles. The van der Waals surface area contributed by atoms with Crippen LogP contribution in [0.3, 0.4) is 0 Å². The van der Waals surface area contributed by atoms with E-state index in [-0.39, 0.29) is 18.4 Å². The zero-order valence-corrected chi connectivity index (χ0v) is 14.6. The number of nitrogens with two attached hydrogens (primary N) is 1. The lowest BCUT2D eigenvalue weighted by molar-refractivity contribution is -0.126. The molecule has 1 saturated heterocycles. The number of aromatic nitrogens is 2. The van der Waals surface area contributed by atoms with Crippen LogP contribution in [0.25, 0.3) is 0 Å². The van der Waals surface area contributed by atoms with E-state index in [1.807, 2.05) is 0 Å². The Morgan fingerprint density at radius 2 is 2.04 bits per heavy atom. The maximum atomic E-state index is 12.4. The molecule has 1 amide bonds. The first-order valence-corrected chi connectivity index (χ1v) is 8.71. The maximum absolute atomic E-state index is 12.4. The zero-order valence-electron chi connectivity index (χ0n) is 14.6. The fraction of sp³-hybridized carbons (Fsp3) is 0.500. The summed E-state index contributed by atoms with van der Waals surface area (Å²) in [5.74, 6) is 1.33. The normalized spacial score (nSPS) is 16.1. The molecule has 0 radical (unpaired) electrons. The van der Waals surface area contributed by atoms with Crippen LogP contribution in [0, 0.1) is 12.8 Å². The highest BCUT2D eigenvalue weighted by Crippen LogP contribution is 2.19. The third kappa shape index (κ3) is 4.87. The third-order valence-electron chi connectivity index (χ3n) is 4.60. The van der Waals surface area contributed by atoms with Crippen LogP contribution in [0.4, 0.5) is 0 Å². The van der Waals surface area contributed by atoms with Gasteiger partial charge in [0, 0.05) is 12.5 Å². The number of hydrogen-bond acceptors (Lipinski definition) is 6. The lowest BCUT2D eigenvalue weighted by Gasteiger charge is -2.30. The van der Waals surface area contributed by atoms with Crippen molar-refractivity contribution in [1.29, 1.82) is 0 Å². The van der Waals surface area contributed by atoms with Crippen molar-refractivity contribution in [2.24, 2.45) is 11.7 Å². The maximum Gasteiger partial charge on any atom is 0.240 e. The van der Waals surface area contributed by atoms with E-state index in [1.54, 1.807) is 0 Å². The molecule has 1 aromatic heterocycles. The second-order valence-corrected chi connectivity index (χ2v) is 6.56. The number of nitrogens with one attached hydrogen (secondary N) is 1. The van der Waals surface area contributed by atoms with Gasteiger partial charge in [-0.15, -0.1) is 0 Å². The molecule has 25 heavy (non-hydrogen) atoms. The summed E-state index contributed by atoms with van der Waals surface area (Å²) in [5.41, 5.74) is 7.82. The van der Waals surface area contributed by atoms with Gasteiger partial charge in [-0.3, -0.25) is 9.69 Å². The predicted molar refractivity (Wildman–Crippen MR) is 93.2 cm³/mol. The predicted octanol–water partition coefficient (Wildman–Crippen LogP) is 1.37. The summed E-state index contributed by atoms with van der Waals surface area (Å²) in [4.78, 5) is 18.8. The first kappa shape index (κ1) is 17.6. The minimum Gasteiger partial charge on any atom is -0.352 e. The van der Waals surface area contributed by atoms with Crippen molar-refractivity contribution < 1.29 is 9.32 Å². The van der Waals surface area contributed by atoms with Gasteiger partial charge in [0.25, 0.3) is 0 Å². The lowest BCUT2D eigenvalue weighted by atomic mass is 9.96. The molecule has 134 valence electrons. The molecule has 2 aromatic rings. The van der Waals surface area contributed by atoms with Crippen LogP contribution in [0.5, 0.6) is 0 Å². The van der Waals surface area contributed by atoms with Gasteiger partial charge >= 0.3 is 0 Å². The van der Waals surface area contributed by atoms with Gasteiger partial charge in [-0.2, -0.15) is 4.98 Å². The van der Waals surface area contributed by atoms with Gasteiger partial charge in [0.1, 0.15) is 0 Å². The largest absolute Gasteiger partial charge is 0.352 e. The summed E-state index contributed by atoms with van der Waals surface area (Å²) < 4.78 is 5.02. The fourth-order valence-corrected chi connectivity index (χ4v) is 3.03. The number of rotatable bonds is 6. The number of carbonyl (C=O) groups is 1. The molecule has 7 heteroatoms. The van der Waals surface area contributed by atoms with Gasteiger partial charge in [0.2, 0.25) is 11.8 Å². The molecule has 0 aliphatic carbocycles. The van der Waals surface area contributed by atoms with E-state index in [4.69, 9.17) is 10.3 Å². The van der Waals surface area contributed by atoms with Crippen molar-refractivity contribution >= 4 is 5.91 Å². The Bertz CT molecular complexity index is 690. The smallest absolute Gasteiger partial charge is 0.240 e. The van der Waals surface area contributed by atoms with Crippen LogP contribution in [-0.4, -0.2) is 34.0 Å². The van der Waals surface area contributed by atoms with E-state index in [9.17, 15) is 4.79 Å².